The highest BCUT2D eigenvalue weighted by Gasteiger charge is 2.16. The van der Waals surface area contributed by atoms with Crippen LogP contribution in [0.3, 0.4) is 0 Å². The molecule has 13 rings (SSSR count). The molecule has 1 heterocycles. The Bertz CT molecular complexity index is 3810. The fourth-order valence-electron chi connectivity index (χ4n) is 10.5. The number of para-hydroxylation sites is 4. The molecule has 0 fully saturated rings. The van der Waals surface area contributed by atoms with E-state index in [-0.39, 0.29) is 0 Å². The minimum Gasteiger partial charge on any atom is -0.311 e. The second-order valence-corrected chi connectivity index (χ2v) is 19.8. The summed E-state index contributed by atoms with van der Waals surface area (Å²) in [5.41, 5.74) is 23.0. The van der Waals surface area contributed by atoms with Gasteiger partial charge in [0.2, 0.25) is 0 Å². The second-order valence-electron chi connectivity index (χ2n) is 19.8. The highest BCUT2D eigenvalue weighted by molar-refractivity contribution is 5.82. The van der Waals surface area contributed by atoms with Crippen LogP contribution < -0.4 is 9.80 Å². The van der Waals surface area contributed by atoms with Crippen LogP contribution in [0.5, 0.6) is 0 Å². The normalized spacial score (nSPS) is 11.0. The van der Waals surface area contributed by atoms with E-state index in [1.54, 1.807) is 0 Å². The van der Waals surface area contributed by atoms with E-state index in [4.69, 9.17) is 9.97 Å². The maximum atomic E-state index is 5.22. The maximum absolute atomic E-state index is 5.22. The van der Waals surface area contributed by atoms with E-state index in [1.807, 2.05) is 6.07 Å². The topological polar surface area (TPSA) is 32.3 Å². The summed E-state index contributed by atoms with van der Waals surface area (Å²) in [4.78, 5) is 15.0. The van der Waals surface area contributed by atoms with E-state index >= 15 is 0 Å². The molecule has 0 spiro atoms. The molecule has 0 aliphatic heterocycles. The van der Waals surface area contributed by atoms with E-state index in [2.05, 4.69) is 331 Å². The molecule has 4 nitrogen and oxygen atoms in total. The first-order valence-corrected chi connectivity index (χ1v) is 27.1. The average Bonchev–Trinajstić information content (AvgIpc) is 3.55. The van der Waals surface area contributed by atoms with Gasteiger partial charge in [-0.05, 0) is 134 Å². The Kier molecular flexibility index (Phi) is 13.8. The van der Waals surface area contributed by atoms with Gasteiger partial charge >= 0.3 is 0 Å². The predicted octanol–water partition coefficient (Wildman–Crippen LogP) is 20.8. The molecule has 0 aliphatic rings. The zero-order valence-electron chi connectivity index (χ0n) is 44.0. The lowest BCUT2D eigenvalue weighted by molar-refractivity contribution is 1.18. The second kappa shape index (κ2) is 22.5. The fraction of sp³-hybridized carbons (Fsp3) is 0. The first-order chi connectivity index (χ1) is 39.6. The zero-order chi connectivity index (χ0) is 53.5. The van der Waals surface area contributed by atoms with Gasteiger partial charge in [0.25, 0.3) is 0 Å². The van der Waals surface area contributed by atoms with Crippen LogP contribution in [0.4, 0.5) is 34.1 Å². The molecule has 0 unspecified atom stereocenters. The average molecular weight is 1020 g/mol. The van der Waals surface area contributed by atoms with E-state index in [9.17, 15) is 0 Å². The summed E-state index contributed by atoms with van der Waals surface area (Å²) in [5, 5.41) is 0. The molecule has 378 valence electrons. The van der Waals surface area contributed by atoms with Crippen LogP contribution in [0.25, 0.3) is 89.5 Å². The van der Waals surface area contributed by atoms with E-state index in [0.717, 1.165) is 90.0 Å². The minimum atomic E-state index is 0.679. The SMILES string of the molecule is c1ccc(-c2ccc(-c3nc(-c4ccc(-c5ccc(-c6ccc(N(c7ccccc7)c7ccccc7)cc6)cc5)cc4)cc(-c4ccc(-c5ccc(-c6ccc(N(c7ccccc7)c7ccccc7)cc6)cc5)cc4)n3)cc2)cc1. The standard InChI is InChI=1S/C76H54N4/c1-6-16-55(17-7-1)56-38-44-67(45-39-56)76-77-74(65-40-34-61(35-41-65)57-26-30-59(31-27-57)63-46-50-72(51-47-63)79(68-18-8-2-9-19-68)69-20-10-3-11-21-69)54-75(78-76)66-42-36-62(37-43-66)58-28-32-60(33-29-58)64-48-52-73(53-49-64)80(70-22-12-4-13-23-70)71-24-14-5-15-25-71/h1-54H. The van der Waals surface area contributed by atoms with Crippen molar-refractivity contribution in [1.29, 1.82) is 0 Å². The van der Waals surface area contributed by atoms with E-state index < -0.39 is 0 Å². The molecular weight excluding hydrogens is 969 g/mol. The molecule has 4 heteroatoms. The molecular formula is C76H54N4. The fourth-order valence-corrected chi connectivity index (χ4v) is 10.5. The van der Waals surface area contributed by atoms with Crippen molar-refractivity contribution in [3.05, 3.63) is 328 Å². The van der Waals surface area contributed by atoms with Crippen molar-refractivity contribution in [2.75, 3.05) is 9.80 Å². The molecule has 80 heavy (non-hydrogen) atoms. The van der Waals surface area contributed by atoms with Gasteiger partial charge in [-0.3, -0.25) is 0 Å². The summed E-state index contributed by atoms with van der Waals surface area (Å²) in [6.45, 7) is 0. The third kappa shape index (κ3) is 10.6. The predicted molar refractivity (Wildman–Crippen MR) is 335 cm³/mol. The van der Waals surface area contributed by atoms with E-state index in [0.29, 0.717) is 5.82 Å². The van der Waals surface area contributed by atoms with Crippen LogP contribution in [-0.2, 0) is 0 Å². The van der Waals surface area contributed by atoms with Crippen molar-refractivity contribution in [3.63, 3.8) is 0 Å². The lowest BCUT2D eigenvalue weighted by Crippen LogP contribution is -2.09. The molecule has 0 N–H and O–H groups in total. The van der Waals surface area contributed by atoms with Gasteiger partial charge in [-0.2, -0.15) is 0 Å². The smallest absolute Gasteiger partial charge is 0.160 e. The first-order valence-electron chi connectivity index (χ1n) is 27.1. The third-order valence-corrected chi connectivity index (χ3v) is 14.7. The number of anilines is 6. The molecule has 0 saturated carbocycles. The van der Waals surface area contributed by atoms with Crippen molar-refractivity contribution in [1.82, 2.24) is 9.97 Å². The third-order valence-electron chi connectivity index (χ3n) is 14.7. The monoisotopic (exact) mass is 1020 g/mol. The number of benzene rings is 12. The molecule has 0 bridgehead atoms. The first kappa shape index (κ1) is 48.9. The summed E-state index contributed by atoms with van der Waals surface area (Å²) in [7, 11) is 0. The summed E-state index contributed by atoms with van der Waals surface area (Å²) in [6, 6.07) is 116. The molecule has 0 atom stereocenters. The van der Waals surface area contributed by atoms with Crippen LogP contribution in [-0.4, -0.2) is 9.97 Å². The van der Waals surface area contributed by atoms with Crippen LogP contribution >= 0.6 is 0 Å². The maximum Gasteiger partial charge on any atom is 0.160 e. The molecule has 13 aromatic rings. The molecule has 1 aromatic heterocycles. The van der Waals surface area contributed by atoms with Crippen LogP contribution in [0, 0.1) is 0 Å². The Hall–Kier alpha value is -10.7. The van der Waals surface area contributed by atoms with Gasteiger partial charge in [0.05, 0.1) is 11.4 Å². The van der Waals surface area contributed by atoms with Gasteiger partial charge < -0.3 is 9.80 Å². The number of hydrogen-bond donors (Lipinski definition) is 0. The lowest BCUT2D eigenvalue weighted by atomic mass is 9.98. The Morgan fingerprint density at radius 3 is 0.613 bits per heavy atom. The van der Waals surface area contributed by atoms with E-state index in [1.165, 1.54) is 27.8 Å². The molecule has 0 amide bonds. The van der Waals surface area contributed by atoms with Crippen molar-refractivity contribution < 1.29 is 0 Å². The highest BCUT2D eigenvalue weighted by atomic mass is 15.1. The van der Waals surface area contributed by atoms with Crippen molar-refractivity contribution in [3.8, 4) is 89.5 Å². The number of hydrogen-bond acceptors (Lipinski definition) is 4. The number of aromatic nitrogens is 2. The molecule has 0 radical (unpaired) electrons. The number of rotatable bonds is 14. The van der Waals surface area contributed by atoms with Gasteiger partial charge in [0.1, 0.15) is 0 Å². The largest absolute Gasteiger partial charge is 0.311 e. The van der Waals surface area contributed by atoms with Crippen LogP contribution in [0.15, 0.2) is 328 Å². The van der Waals surface area contributed by atoms with Gasteiger partial charge in [0, 0.05) is 50.8 Å². The summed E-state index contributed by atoms with van der Waals surface area (Å²) in [6.07, 6.45) is 0. The summed E-state index contributed by atoms with van der Waals surface area (Å²) in [5.74, 6) is 0.679. The van der Waals surface area contributed by atoms with Gasteiger partial charge in [-0.25, -0.2) is 9.97 Å². The molecule has 12 aromatic carbocycles. The van der Waals surface area contributed by atoms with Gasteiger partial charge in [0.15, 0.2) is 5.82 Å². The van der Waals surface area contributed by atoms with Gasteiger partial charge in [-0.15, -0.1) is 0 Å². The van der Waals surface area contributed by atoms with Crippen LogP contribution in [0.1, 0.15) is 0 Å². The zero-order valence-corrected chi connectivity index (χ0v) is 44.0. The minimum absolute atomic E-state index is 0.679. The Morgan fingerprint density at radius 2 is 0.350 bits per heavy atom. The van der Waals surface area contributed by atoms with Gasteiger partial charge in [-0.1, -0.05) is 249 Å². The molecule has 0 saturated heterocycles. The Balaban J connectivity index is 0.747. The highest BCUT2D eigenvalue weighted by Crippen LogP contribution is 2.39. The summed E-state index contributed by atoms with van der Waals surface area (Å²) >= 11 is 0. The Morgan fingerprint density at radius 1 is 0.163 bits per heavy atom. The Labute approximate surface area is 468 Å². The summed E-state index contributed by atoms with van der Waals surface area (Å²) < 4.78 is 0. The van der Waals surface area contributed by atoms with Crippen LogP contribution in [0.2, 0.25) is 0 Å². The van der Waals surface area contributed by atoms with Crippen molar-refractivity contribution in [2.45, 2.75) is 0 Å². The van der Waals surface area contributed by atoms with Crippen molar-refractivity contribution in [2.24, 2.45) is 0 Å². The quantitative estimate of drug-likeness (QED) is 0.109. The molecule has 0 aliphatic carbocycles. The lowest BCUT2D eigenvalue weighted by Gasteiger charge is -2.25. The van der Waals surface area contributed by atoms with Crippen molar-refractivity contribution >= 4 is 34.1 Å². The number of nitrogens with zero attached hydrogens (tertiary/aromatic N) is 4.